The van der Waals surface area contributed by atoms with Gasteiger partial charge in [-0.05, 0) is 86.1 Å². The number of carbonyl (C=O) groups is 1. The summed E-state index contributed by atoms with van der Waals surface area (Å²) in [5, 5.41) is 9.99. The Balaban J connectivity index is 1.63. The Morgan fingerprint density at radius 2 is 1.82 bits per heavy atom. The summed E-state index contributed by atoms with van der Waals surface area (Å²) in [7, 11) is 0. The van der Waals surface area contributed by atoms with E-state index in [-0.39, 0.29) is 22.8 Å². The van der Waals surface area contributed by atoms with E-state index in [1.165, 1.54) is 0 Å². The molecule has 0 bridgehead atoms. The summed E-state index contributed by atoms with van der Waals surface area (Å²) >= 11 is 0. The molecule has 5 rings (SSSR count). The van der Waals surface area contributed by atoms with E-state index in [0.29, 0.717) is 43.1 Å². The molecule has 180 valence electrons. The van der Waals surface area contributed by atoms with Crippen LogP contribution in [0.25, 0.3) is 17.2 Å². The predicted molar refractivity (Wildman–Crippen MR) is 131 cm³/mol. The fourth-order valence-electron chi connectivity index (χ4n) is 5.89. The monoisotopic (exact) mass is 465 g/mol. The first-order valence-electron chi connectivity index (χ1n) is 12.3. The lowest BCUT2D eigenvalue weighted by Crippen LogP contribution is -2.40. The van der Waals surface area contributed by atoms with Gasteiger partial charge in [0.15, 0.2) is 0 Å². The van der Waals surface area contributed by atoms with Crippen LogP contribution in [0.1, 0.15) is 59.7 Å². The maximum absolute atomic E-state index is 15.5. The van der Waals surface area contributed by atoms with Gasteiger partial charge in [0.25, 0.3) is 0 Å². The van der Waals surface area contributed by atoms with Crippen LogP contribution in [0.15, 0.2) is 30.3 Å². The molecule has 0 amide bonds. The van der Waals surface area contributed by atoms with E-state index < -0.39 is 5.97 Å². The van der Waals surface area contributed by atoms with Gasteiger partial charge in [-0.15, -0.1) is 0 Å². The van der Waals surface area contributed by atoms with Crippen LogP contribution < -0.4 is 4.90 Å². The summed E-state index contributed by atoms with van der Waals surface area (Å²) in [6.07, 6.45) is 7.73. The molecule has 1 spiro atoms. The van der Waals surface area contributed by atoms with Crippen LogP contribution in [0.3, 0.4) is 0 Å². The molecule has 0 atom stereocenters. The summed E-state index contributed by atoms with van der Waals surface area (Å²) in [4.78, 5) is 14.5. The normalized spacial score (nSPS) is 19.4. The number of carboxylic acid groups (broad SMARTS) is 1. The molecule has 34 heavy (non-hydrogen) atoms. The number of hydrogen-bond acceptors (Lipinski definition) is 4. The van der Waals surface area contributed by atoms with E-state index >= 15 is 4.39 Å². The Kier molecular flexibility index (Phi) is 6.21. The molecule has 0 saturated carbocycles. The number of halogens is 1. The molecular formula is C28H32FNO4. The Hall–Kier alpha value is -2.70. The van der Waals surface area contributed by atoms with Gasteiger partial charge in [-0.3, -0.25) is 0 Å². The molecule has 6 heteroatoms. The number of ether oxygens (including phenoxy) is 2. The van der Waals surface area contributed by atoms with E-state index in [1.54, 1.807) is 12.1 Å². The van der Waals surface area contributed by atoms with Gasteiger partial charge < -0.3 is 19.5 Å². The summed E-state index contributed by atoms with van der Waals surface area (Å²) < 4.78 is 26.6. The number of allylic oxidation sites excluding steroid dienone is 1. The van der Waals surface area contributed by atoms with Crippen molar-refractivity contribution < 1.29 is 23.8 Å². The second-order valence-corrected chi connectivity index (χ2v) is 9.62. The minimum atomic E-state index is -0.993. The zero-order chi connectivity index (χ0) is 23.9. The van der Waals surface area contributed by atoms with Crippen LogP contribution in [-0.2, 0) is 14.9 Å². The van der Waals surface area contributed by atoms with Crippen molar-refractivity contribution in [1.29, 1.82) is 0 Å². The van der Waals surface area contributed by atoms with Crippen molar-refractivity contribution in [2.75, 3.05) is 37.9 Å². The molecule has 1 aliphatic carbocycles. The summed E-state index contributed by atoms with van der Waals surface area (Å²) in [5.41, 5.74) is 4.76. The lowest BCUT2D eigenvalue weighted by Gasteiger charge is -2.37. The summed E-state index contributed by atoms with van der Waals surface area (Å²) in [5.74, 6) is -1.32. The molecule has 2 heterocycles. The number of anilines is 1. The first kappa shape index (κ1) is 23.1. The molecule has 2 aromatic carbocycles. The quantitative estimate of drug-likeness (QED) is 0.625. The minimum absolute atomic E-state index is 0.128. The lowest BCUT2D eigenvalue weighted by molar-refractivity contribution is 0.0662. The highest BCUT2D eigenvalue weighted by Crippen LogP contribution is 2.46. The molecule has 3 aliphatic rings. The Labute approximate surface area is 200 Å². The van der Waals surface area contributed by atoms with Gasteiger partial charge in [-0.1, -0.05) is 12.2 Å². The average Bonchev–Trinajstić information content (AvgIpc) is 3.17. The molecule has 2 saturated heterocycles. The van der Waals surface area contributed by atoms with Gasteiger partial charge in [0, 0.05) is 55.7 Å². The predicted octanol–water partition coefficient (Wildman–Crippen LogP) is 5.58. The summed E-state index contributed by atoms with van der Waals surface area (Å²) in [6.45, 7) is 7.44. The SMILES string of the molecule is CCN(c1cc(-c2cc3c(cc2F)C=CC32CCOCC2)cc(C(=O)O)c1C)C1CCOCC1. The first-order chi connectivity index (χ1) is 16.4. The van der Waals surface area contributed by atoms with Gasteiger partial charge in [0.1, 0.15) is 5.82 Å². The van der Waals surface area contributed by atoms with Crippen molar-refractivity contribution in [2.24, 2.45) is 0 Å². The van der Waals surface area contributed by atoms with Crippen molar-refractivity contribution in [3.8, 4) is 11.1 Å². The van der Waals surface area contributed by atoms with Crippen LogP contribution in [0.5, 0.6) is 0 Å². The van der Waals surface area contributed by atoms with Crippen LogP contribution in [0, 0.1) is 12.7 Å². The number of rotatable bonds is 5. The van der Waals surface area contributed by atoms with Crippen molar-refractivity contribution in [3.05, 3.63) is 58.4 Å². The van der Waals surface area contributed by atoms with Gasteiger partial charge in [0.2, 0.25) is 0 Å². The average molecular weight is 466 g/mol. The fraction of sp³-hybridized carbons (Fsp3) is 0.464. The molecule has 0 unspecified atom stereocenters. The number of nitrogens with zero attached hydrogens (tertiary/aromatic N) is 1. The Bertz CT molecular complexity index is 1130. The Morgan fingerprint density at radius 3 is 2.50 bits per heavy atom. The molecule has 2 fully saturated rings. The van der Waals surface area contributed by atoms with Crippen LogP contribution in [-0.4, -0.2) is 50.1 Å². The number of carboxylic acids is 1. The number of benzene rings is 2. The molecule has 0 aromatic heterocycles. The van der Waals surface area contributed by atoms with Crippen LogP contribution >= 0.6 is 0 Å². The first-order valence-corrected chi connectivity index (χ1v) is 12.3. The fourth-order valence-corrected chi connectivity index (χ4v) is 5.89. The van der Waals surface area contributed by atoms with E-state index in [9.17, 15) is 9.90 Å². The van der Waals surface area contributed by atoms with Crippen molar-refractivity contribution >= 4 is 17.7 Å². The van der Waals surface area contributed by atoms with Crippen molar-refractivity contribution in [1.82, 2.24) is 0 Å². The number of fused-ring (bicyclic) bond motifs is 2. The highest BCUT2D eigenvalue weighted by molar-refractivity contribution is 5.94. The van der Waals surface area contributed by atoms with Gasteiger partial charge in [-0.25, -0.2) is 9.18 Å². The van der Waals surface area contributed by atoms with E-state index in [0.717, 1.165) is 49.0 Å². The third-order valence-corrected chi connectivity index (χ3v) is 7.85. The highest BCUT2D eigenvalue weighted by atomic mass is 19.1. The smallest absolute Gasteiger partial charge is 0.336 e. The largest absolute Gasteiger partial charge is 0.478 e. The van der Waals surface area contributed by atoms with Gasteiger partial charge in [0.05, 0.1) is 5.56 Å². The molecule has 5 nitrogen and oxygen atoms in total. The molecule has 0 radical (unpaired) electrons. The van der Waals surface area contributed by atoms with Crippen LogP contribution in [0.2, 0.25) is 0 Å². The zero-order valence-corrected chi connectivity index (χ0v) is 19.9. The summed E-state index contributed by atoms with van der Waals surface area (Å²) in [6, 6.07) is 7.42. The molecule has 2 aliphatic heterocycles. The van der Waals surface area contributed by atoms with Gasteiger partial charge in [-0.2, -0.15) is 0 Å². The standard InChI is InChI=1S/C28H32FNO4/c1-3-30(21-5-10-33-11-6-21)26-16-20(14-22(18(26)2)27(31)32)23-17-24-19(15-25(23)29)4-7-28(24)8-12-34-13-9-28/h4,7,14-17,21H,3,5-6,8-13H2,1-2H3,(H,31,32). The highest BCUT2D eigenvalue weighted by Gasteiger charge is 2.37. The van der Waals surface area contributed by atoms with E-state index in [1.807, 2.05) is 25.1 Å². The molecule has 1 N–H and O–H groups in total. The Morgan fingerprint density at radius 1 is 1.12 bits per heavy atom. The maximum atomic E-state index is 15.5. The van der Waals surface area contributed by atoms with E-state index in [2.05, 4.69) is 17.9 Å². The second-order valence-electron chi connectivity index (χ2n) is 9.62. The maximum Gasteiger partial charge on any atom is 0.336 e. The lowest BCUT2D eigenvalue weighted by atomic mass is 9.75. The van der Waals surface area contributed by atoms with Crippen molar-refractivity contribution in [3.63, 3.8) is 0 Å². The second kappa shape index (κ2) is 9.16. The topological polar surface area (TPSA) is 59.0 Å². The number of aromatic carboxylic acids is 1. The third-order valence-electron chi connectivity index (χ3n) is 7.85. The van der Waals surface area contributed by atoms with Gasteiger partial charge >= 0.3 is 5.97 Å². The molecular weight excluding hydrogens is 433 g/mol. The van der Waals surface area contributed by atoms with Crippen molar-refractivity contribution in [2.45, 2.75) is 51.0 Å². The minimum Gasteiger partial charge on any atom is -0.478 e. The molecule has 2 aromatic rings. The third kappa shape index (κ3) is 3.93. The van der Waals surface area contributed by atoms with Crippen LogP contribution in [0.4, 0.5) is 10.1 Å². The zero-order valence-electron chi connectivity index (χ0n) is 19.9. The number of hydrogen-bond donors (Lipinski definition) is 1. The van der Waals surface area contributed by atoms with E-state index in [4.69, 9.17) is 9.47 Å².